The SMILES string of the molecule is COc1ccccc1/C=N\NC(=O)COc1ccc(OCc2ccccc2)cc1. The maximum absolute atomic E-state index is 11.9. The van der Waals surface area contributed by atoms with Gasteiger partial charge < -0.3 is 14.2 Å². The quantitative estimate of drug-likeness (QED) is 0.446. The van der Waals surface area contributed by atoms with Gasteiger partial charge >= 0.3 is 0 Å². The van der Waals surface area contributed by atoms with E-state index in [-0.39, 0.29) is 12.5 Å². The van der Waals surface area contributed by atoms with Crippen molar-refractivity contribution in [1.29, 1.82) is 0 Å². The molecule has 3 aromatic rings. The molecule has 148 valence electrons. The zero-order chi connectivity index (χ0) is 20.3. The third-order valence-corrected chi connectivity index (χ3v) is 3.97. The summed E-state index contributed by atoms with van der Waals surface area (Å²) < 4.78 is 16.4. The molecule has 6 heteroatoms. The van der Waals surface area contributed by atoms with Crippen LogP contribution in [0.25, 0.3) is 0 Å². The van der Waals surface area contributed by atoms with E-state index in [4.69, 9.17) is 14.2 Å². The Hall–Kier alpha value is -3.80. The average molecular weight is 390 g/mol. The number of hydrogen-bond acceptors (Lipinski definition) is 5. The standard InChI is InChI=1S/C23H22N2O4/c1-27-22-10-6-5-9-19(22)15-24-25-23(26)17-29-21-13-11-20(12-14-21)28-16-18-7-3-2-4-8-18/h2-15H,16-17H2,1H3,(H,25,26)/b24-15-. The molecule has 0 heterocycles. The Balaban J connectivity index is 1.42. The lowest BCUT2D eigenvalue weighted by molar-refractivity contribution is -0.123. The second-order valence-electron chi connectivity index (χ2n) is 6.07. The van der Waals surface area contributed by atoms with Crippen molar-refractivity contribution in [2.75, 3.05) is 13.7 Å². The summed E-state index contributed by atoms with van der Waals surface area (Å²) >= 11 is 0. The predicted molar refractivity (Wildman–Crippen MR) is 111 cm³/mol. The minimum atomic E-state index is -0.361. The van der Waals surface area contributed by atoms with Gasteiger partial charge in [-0.05, 0) is 42.0 Å². The maximum atomic E-state index is 11.9. The molecule has 1 N–H and O–H groups in total. The summed E-state index contributed by atoms with van der Waals surface area (Å²) in [5.41, 5.74) is 4.29. The van der Waals surface area contributed by atoms with Crippen LogP contribution in [0.3, 0.4) is 0 Å². The van der Waals surface area contributed by atoms with Crippen molar-refractivity contribution in [3.63, 3.8) is 0 Å². The van der Waals surface area contributed by atoms with Crippen LogP contribution < -0.4 is 19.6 Å². The van der Waals surface area contributed by atoms with Gasteiger partial charge in [-0.3, -0.25) is 4.79 Å². The minimum Gasteiger partial charge on any atom is -0.496 e. The van der Waals surface area contributed by atoms with E-state index in [1.807, 2.05) is 54.6 Å². The Labute approximate surface area is 169 Å². The van der Waals surface area contributed by atoms with Crippen LogP contribution in [0.15, 0.2) is 84.0 Å². The first-order valence-electron chi connectivity index (χ1n) is 9.09. The van der Waals surface area contributed by atoms with E-state index < -0.39 is 0 Å². The van der Waals surface area contributed by atoms with Crippen molar-refractivity contribution in [2.45, 2.75) is 6.61 Å². The molecule has 3 aromatic carbocycles. The number of nitrogens with zero attached hydrogens (tertiary/aromatic N) is 1. The van der Waals surface area contributed by atoms with E-state index in [9.17, 15) is 4.79 Å². The molecule has 29 heavy (non-hydrogen) atoms. The van der Waals surface area contributed by atoms with Crippen LogP contribution in [0.5, 0.6) is 17.2 Å². The fourth-order valence-corrected chi connectivity index (χ4v) is 2.50. The predicted octanol–water partition coefficient (Wildman–Crippen LogP) is 3.80. The lowest BCUT2D eigenvalue weighted by Crippen LogP contribution is -2.24. The molecule has 0 atom stereocenters. The highest BCUT2D eigenvalue weighted by molar-refractivity contribution is 5.85. The fourth-order valence-electron chi connectivity index (χ4n) is 2.50. The summed E-state index contributed by atoms with van der Waals surface area (Å²) in [5.74, 6) is 1.62. The number of hydrazone groups is 1. The molecule has 0 spiro atoms. The van der Waals surface area contributed by atoms with Crippen molar-refractivity contribution in [3.05, 3.63) is 90.0 Å². The number of rotatable bonds is 9. The van der Waals surface area contributed by atoms with Crippen LogP contribution in [0.4, 0.5) is 0 Å². The summed E-state index contributed by atoms with van der Waals surface area (Å²) in [5, 5.41) is 3.93. The van der Waals surface area contributed by atoms with E-state index in [0.29, 0.717) is 18.1 Å². The van der Waals surface area contributed by atoms with Gasteiger partial charge in [-0.15, -0.1) is 0 Å². The van der Waals surface area contributed by atoms with Crippen LogP contribution in [-0.2, 0) is 11.4 Å². The third-order valence-electron chi connectivity index (χ3n) is 3.97. The lowest BCUT2D eigenvalue weighted by Gasteiger charge is -2.08. The van der Waals surface area contributed by atoms with Gasteiger partial charge in [-0.25, -0.2) is 5.43 Å². The number of benzene rings is 3. The van der Waals surface area contributed by atoms with Gasteiger partial charge in [0, 0.05) is 5.56 Å². The fraction of sp³-hybridized carbons (Fsp3) is 0.130. The van der Waals surface area contributed by atoms with Crippen molar-refractivity contribution >= 4 is 12.1 Å². The van der Waals surface area contributed by atoms with Crippen LogP contribution in [0.2, 0.25) is 0 Å². The number of carbonyl (C=O) groups excluding carboxylic acids is 1. The molecule has 0 saturated carbocycles. The smallest absolute Gasteiger partial charge is 0.277 e. The molecular formula is C23H22N2O4. The van der Waals surface area contributed by atoms with Crippen molar-refractivity contribution < 1.29 is 19.0 Å². The molecule has 0 fully saturated rings. The van der Waals surface area contributed by atoms with E-state index in [0.717, 1.165) is 16.9 Å². The molecule has 6 nitrogen and oxygen atoms in total. The number of carbonyl (C=O) groups is 1. The number of methoxy groups -OCH3 is 1. The highest BCUT2D eigenvalue weighted by atomic mass is 16.5. The number of amides is 1. The molecule has 0 radical (unpaired) electrons. The summed E-state index contributed by atoms with van der Waals surface area (Å²) in [7, 11) is 1.58. The van der Waals surface area contributed by atoms with Gasteiger partial charge in [-0.2, -0.15) is 5.10 Å². The number of ether oxygens (including phenoxy) is 3. The second-order valence-corrected chi connectivity index (χ2v) is 6.07. The second kappa shape index (κ2) is 10.5. The first kappa shape index (κ1) is 19.9. The highest BCUT2D eigenvalue weighted by Gasteiger charge is 2.03. The van der Waals surface area contributed by atoms with Gasteiger partial charge in [0.2, 0.25) is 0 Å². The Bertz CT molecular complexity index is 941. The van der Waals surface area contributed by atoms with Crippen LogP contribution >= 0.6 is 0 Å². The minimum absolute atomic E-state index is 0.145. The molecule has 3 rings (SSSR count). The summed E-state index contributed by atoms with van der Waals surface area (Å²) in [4.78, 5) is 11.9. The number of hydrogen-bond donors (Lipinski definition) is 1. The Kier molecular flexibility index (Phi) is 7.23. The van der Waals surface area contributed by atoms with E-state index in [1.165, 1.54) is 6.21 Å². The monoisotopic (exact) mass is 390 g/mol. The van der Waals surface area contributed by atoms with E-state index in [2.05, 4.69) is 10.5 Å². The Morgan fingerprint density at radius 2 is 1.55 bits per heavy atom. The molecule has 1 amide bonds. The normalized spacial score (nSPS) is 10.5. The molecule has 0 aliphatic heterocycles. The molecule has 0 bridgehead atoms. The summed E-state index contributed by atoms with van der Waals surface area (Å²) in [6, 6.07) is 24.4. The van der Waals surface area contributed by atoms with Crippen LogP contribution in [0.1, 0.15) is 11.1 Å². The van der Waals surface area contributed by atoms with Crippen molar-refractivity contribution in [1.82, 2.24) is 5.43 Å². The summed E-state index contributed by atoms with van der Waals surface area (Å²) in [6.45, 7) is 0.348. The summed E-state index contributed by atoms with van der Waals surface area (Å²) in [6.07, 6.45) is 1.52. The zero-order valence-corrected chi connectivity index (χ0v) is 16.1. The largest absolute Gasteiger partial charge is 0.496 e. The van der Waals surface area contributed by atoms with Crippen molar-refractivity contribution in [2.24, 2.45) is 5.10 Å². The molecule has 0 aliphatic carbocycles. The van der Waals surface area contributed by atoms with Gasteiger partial charge in [0.15, 0.2) is 6.61 Å². The maximum Gasteiger partial charge on any atom is 0.277 e. The molecule has 0 aliphatic rings. The van der Waals surface area contributed by atoms with Crippen LogP contribution in [0, 0.1) is 0 Å². The van der Waals surface area contributed by atoms with E-state index >= 15 is 0 Å². The van der Waals surface area contributed by atoms with Gasteiger partial charge in [-0.1, -0.05) is 42.5 Å². The number of nitrogens with one attached hydrogen (secondary N) is 1. The third kappa shape index (κ3) is 6.39. The highest BCUT2D eigenvalue weighted by Crippen LogP contribution is 2.18. The molecule has 0 saturated heterocycles. The molecule has 0 aromatic heterocycles. The Morgan fingerprint density at radius 1 is 0.897 bits per heavy atom. The average Bonchev–Trinajstić information content (AvgIpc) is 2.78. The molecular weight excluding hydrogens is 368 g/mol. The first-order chi connectivity index (χ1) is 14.2. The number of para-hydroxylation sites is 1. The van der Waals surface area contributed by atoms with Gasteiger partial charge in [0.1, 0.15) is 23.9 Å². The topological polar surface area (TPSA) is 69.2 Å². The van der Waals surface area contributed by atoms with Crippen LogP contribution in [-0.4, -0.2) is 25.8 Å². The van der Waals surface area contributed by atoms with Gasteiger partial charge in [0.05, 0.1) is 13.3 Å². The molecule has 0 unspecified atom stereocenters. The lowest BCUT2D eigenvalue weighted by atomic mass is 10.2. The van der Waals surface area contributed by atoms with Gasteiger partial charge in [0.25, 0.3) is 5.91 Å². The van der Waals surface area contributed by atoms with Crippen molar-refractivity contribution in [3.8, 4) is 17.2 Å². The zero-order valence-electron chi connectivity index (χ0n) is 16.1. The Morgan fingerprint density at radius 3 is 2.28 bits per heavy atom. The van der Waals surface area contributed by atoms with E-state index in [1.54, 1.807) is 31.4 Å². The first-order valence-corrected chi connectivity index (χ1v) is 9.09.